The summed E-state index contributed by atoms with van der Waals surface area (Å²) in [5.74, 6) is 0.193. The number of carbonyl (C=O) groups is 1. The van der Waals surface area contributed by atoms with E-state index < -0.39 is 11.7 Å². The van der Waals surface area contributed by atoms with Crippen LogP contribution in [0.25, 0.3) is 11.1 Å². The molecule has 0 saturated carbocycles. The number of alkyl halides is 3. The van der Waals surface area contributed by atoms with Crippen LogP contribution in [0.15, 0.2) is 42.5 Å². The topological polar surface area (TPSA) is 23.6 Å². The van der Waals surface area contributed by atoms with Crippen molar-refractivity contribution in [1.82, 2.24) is 9.80 Å². The monoisotopic (exact) mass is 430 g/mol. The number of rotatable bonds is 2. The highest BCUT2D eigenvalue weighted by Gasteiger charge is 2.39. The first-order chi connectivity index (χ1) is 14.5. The Hall–Kier alpha value is -2.34. The van der Waals surface area contributed by atoms with Gasteiger partial charge < -0.3 is 4.90 Å². The lowest BCUT2D eigenvalue weighted by atomic mass is 9.93. The fourth-order valence-corrected chi connectivity index (χ4v) is 4.81. The van der Waals surface area contributed by atoms with Gasteiger partial charge in [-0.15, -0.1) is 0 Å². The second-order valence-corrected chi connectivity index (χ2v) is 9.59. The maximum absolute atomic E-state index is 13.3. The van der Waals surface area contributed by atoms with Crippen LogP contribution in [-0.2, 0) is 23.9 Å². The number of likely N-dealkylation sites (tertiary alicyclic amines) is 1. The number of fused-ring (bicyclic) bond motifs is 1. The average Bonchev–Trinajstić information content (AvgIpc) is 3.22. The molecular formula is C25H29F3N2O. The van der Waals surface area contributed by atoms with Crippen LogP contribution < -0.4 is 0 Å². The Morgan fingerprint density at radius 3 is 2.26 bits per heavy atom. The fraction of sp³-hybridized carbons (Fsp3) is 0.480. The molecule has 2 aliphatic rings. The molecule has 2 aliphatic heterocycles. The summed E-state index contributed by atoms with van der Waals surface area (Å²) in [7, 11) is 0. The molecule has 6 heteroatoms. The maximum Gasteiger partial charge on any atom is 0.416 e. The zero-order valence-corrected chi connectivity index (χ0v) is 18.3. The van der Waals surface area contributed by atoms with Crippen molar-refractivity contribution < 1.29 is 18.0 Å². The first-order valence-electron chi connectivity index (χ1n) is 10.9. The highest BCUT2D eigenvalue weighted by molar-refractivity contribution is 5.82. The molecule has 4 rings (SSSR count). The van der Waals surface area contributed by atoms with Crippen molar-refractivity contribution in [3.05, 3.63) is 59.2 Å². The number of halogens is 3. The van der Waals surface area contributed by atoms with Crippen LogP contribution in [0.3, 0.4) is 0 Å². The van der Waals surface area contributed by atoms with Gasteiger partial charge in [-0.25, -0.2) is 0 Å². The molecule has 0 N–H and O–H groups in total. The van der Waals surface area contributed by atoms with Crippen LogP contribution in [-0.4, -0.2) is 40.4 Å². The minimum atomic E-state index is -4.34. The fourth-order valence-electron chi connectivity index (χ4n) is 4.81. The van der Waals surface area contributed by atoms with Gasteiger partial charge in [0.05, 0.1) is 11.6 Å². The van der Waals surface area contributed by atoms with Gasteiger partial charge in [-0.2, -0.15) is 13.2 Å². The molecule has 31 heavy (non-hydrogen) atoms. The summed E-state index contributed by atoms with van der Waals surface area (Å²) < 4.78 is 38.6. The summed E-state index contributed by atoms with van der Waals surface area (Å²) in [6.07, 6.45) is -1.60. The highest BCUT2D eigenvalue weighted by Crippen LogP contribution is 2.33. The van der Waals surface area contributed by atoms with Crippen LogP contribution in [0.1, 0.15) is 50.3 Å². The van der Waals surface area contributed by atoms with Crippen molar-refractivity contribution in [1.29, 1.82) is 0 Å². The van der Waals surface area contributed by atoms with E-state index in [1.54, 1.807) is 0 Å². The molecule has 0 spiro atoms. The third-order valence-corrected chi connectivity index (χ3v) is 6.48. The molecule has 2 aromatic carbocycles. The van der Waals surface area contributed by atoms with Crippen LogP contribution in [0.2, 0.25) is 0 Å². The SMILES string of the molecule is CC(C)(C)N1CCCC1C(=O)N1CCc2ccc(-c3ccc(C(F)(F)F)cc3)cc2C1. The number of nitrogens with zero attached hydrogens (tertiary/aromatic N) is 2. The quantitative estimate of drug-likeness (QED) is 0.626. The van der Waals surface area contributed by atoms with Crippen LogP contribution in [0, 0.1) is 0 Å². The predicted molar refractivity (Wildman–Crippen MR) is 115 cm³/mol. The van der Waals surface area contributed by atoms with Gasteiger partial charge >= 0.3 is 6.18 Å². The van der Waals surface area contributed by atoms with Crippen molar-refractivity contribution in [2.24, 2.45) is 0 Å². The maximum atomic E-state index is 13.3. The zero-order valence-electron chi connectivity index (χ0n) is 18.3. The van der Waals surface area contributed by atoms with Crippen LogP contribution in [0.5, 0.6) is 0 Å². The van der Waals surface area contributed by atoms with Gasteiger partial charge in [0.25, 0.3) is 0 Å². The van der Waals surface area contributed by atoms with Gasteiger partial charge in [0.1, 0.15) is 0 Å². The third kappa shape index (κ3) is 4.49. The van der Waals surface area contributed by atoms with Gasteiger partial charge in [-0.1, -0.05) is 24.3 Å². The molecule has 1 unspecified atom stereocenters. The lowest BCUT2D eigenvalue weighted by molar-refractivity contribution is -0.139. The molecule has 2 heterocycles. The zero-order chi connectivity index (χ0) is 22.4. The van der Waals surface area contributed by atoms with Crippen molar-refractivity contribution >= 4 is 5.91 Å². The van der Waals surface area contributed by atoms with Crippen molar-refractivity contribution in [3.8, 4) is 11.1 Å². The number of benzene rings is 2. The van der Waals surface area contributed by atoms with Gasteiger partial charge in [0.15, 0.2) is 0 Å². The molecule has 0 radical (unpaired) electrons. The van der Waals surface area contributed by atoms with Crippen molar-refractivity contribution in [3.63, 3.8) is 0 Å². The Kier molecular flexibility index (Phi) is 5.63. The molecular weight excluding hydrogens is 401 g/mol. The summed E-state index contributed by atoms with van der Waals surface area (Å²) in [4.78, 5) is 17.6. The Morgan fingerprint density at radius 2 is 1.61 bits per heavy atom. The minimum Gasteiger partial charge on any atom is -0.337 e. The second kappa shape index (κ2) is 7.97. The minimum absolute atomic E-state index is 0.0414. The van der Waals surface area contributed by atoms with Crippen LogP contribution >= 0.6 is 0 Å². The smallest absolute Gasteiger partial charge is 0.337 e. The van der Waals surface area contributed by atoms with E-state index in [-0.39, 0.29) is 17.5 Å². The summed E-state index contributed by atoms with van der Waals surface area (Å²) in [6, 6.07) is 11.2. The van der Waals surface area contributed by atoms with Gasteiger partial charge in [-0.3, -0.25) is 9.69 Å². The molecule has 2 aromatic rings. The molecule has 1 atom stereocenters. The third-order valence-electron chi connectivity index (χ3n) is 6.48. The Morgan fingerprint density at radius 1 is 0.935 bits per heavy atom. The number of hydrogen-bond donors (Lipinski definition) is 0. The number of carbonyl (C=O) groups excluding carboxylic acids is 1. The van der Waals surface area contributed by atoms with Crippen LogP contribution in [0.4, 0.5) is 13.2 Å². The van der Waals surface area contributed by atoms with E-state index in [2.05, 4.69) is 25.7 Å². The Labute approximate surface area is 181 Å². The van der Waals surface area contributed by atoms with E-state index in [4.69, 9.17) is 0 Å². The lowest BCUT2D eigenvalue weighted by Crippen LogP contribution is -2.53. The molecule has 0 aromatic heterocycles. The van der Waals surface area contributed by atoms with E-state index in [0.29, 0.717) is 13.1 Å². The van der Waals surface area contributed by atoms with E-state index in [1.165, 1.54) is 17.7 Å². The molecule has 1 fully saturated rings. The Bertz CT molecular complexity index is 960. The molecule has 1 saturated heterocycles. The molecule has 1 amide bonds. The molecule has 0 aliphatic carbocycles. The largest absolute Gasteiger partial charge is 0.416 e. The van der Waals surface area contributed by atoms with Gasteiger partial charge in [0.2, 0.25) is 5.91 Å². The van der Waals surface area contributed by atoms with Crippen molar-refractivity contribution in [2.75, 3.05) is 13.1 Å². The summed E-state index contributed by atoms with van der Waals surface area (Å²) in [5, 5.41) is 0. The number of amides is 1. The van der Waals surface area contributed by atoms with E-state index in [9.17, 15) is 18.0 Å². The van der Waals surface area contributed by atoms with E-state index in [0.717, 1.165) is 54.6 Å². The second-order valence-electron chi connectivity index (χ2n) is 9.59. The first-order valence-corrected chi connectivity index (χ1v) is 10.9. The summed E-state index contributed by atoms with van der Waals surface area (Å²) in [6.45, 7) is 8.67. The van der Waals surface area contributed by atoms with Gasteiger partial charge in [0, 0.05) is 18.6 Å². The van der Waals surface area contributed by atoms with E-state index in [1.807, 2.05) is 23.1 Å². The Balaban J connectivity index is 1.53. The normalized spacial score (nSPS) is 20.1. The molecule has 3 nitrogen and oxygen atoms in total. The predicted octanol–water partition coefficient (Wildman–Crippen LogP) is 5.52. The first kappa shape index (κ1) is 21.9. The van der Waals surface area contributed by atoms with Gasteiger partial charge in [-0.05, 0) is 87.0 Å². The number of hydrogen-bond acceptors (Lipinski definition) is 2. The summed E-state index contributed by atoms with van der Waals surface area (Å²) >= 11 is 0. The standard InChI is InChI=1S/C25H29F3N2O/c1-24(2,3)30-13-4-5-22(30)23(31)29-14-12-18-6-7-19(15-20(18)16-29)17-8-10-21(11-9-17)25(26,27)28/h6-11,15,22H,4-5,12-14,16H2,1-3H3. The van der Waals surface area contributed by atoms with Crippen molar-refractivity contribution in [2.45, 2.75) is 64.3 Å². The highest BCUT2D eigenvalue weighted by atomic mass is 19.4. The molecule has 0 bridgehead atoms. The average molecular weight is 431 g/mol. The lowest BCUT2D eigenvalue weighted by Gasteiger charge is -2.39. The van der Waals surface area contributed by atoms with E-state index >= 15 is 0 Å². The summed E-state index contributed by atoms with van der Waals surface area (Å²) in [5.41, 5.74) is 3.22. The molecule has 166 valence electrons.